The van der Waals surface area contributed by atoms with E-state index in [9.17, 15) is 8.78 Å². The number of halogens is 2. The maximum absolute atomic E-state index is 14.2. The average Bonchev–Trinajstić information content (AvgIpc) is 2.77. The summed E-state index contributed by atoms with van der Waals surface area (Å²) in [5.74, 6) is -0.463. The molecule has 0 saturated carbocycles. The third kappa shape index (κ3) is 4.01. The quantitative estimate of drug-likeness (QED) is 0.500. The van der Waals surface area contributed by atoms with Gasteiger partial charge < -0.3 is 15.8 Å². The van der Waals surface area contributed by atoms with E-state index in [1.165, 1.54) is 18.2 Å². The molecule has 1 aliphatic rings. The van der Waals surface area contributed by atoms with Crippen LogP contribution < -0.4 is 15.8 Å². The number of nitrogens with zero attached hydrogens (tertiary/aromatic N) is 3. The second kappa shape index (κ2) is 8.70. The highest BCUT2D eigenvalue weighted by atomic mass is 19.1. The Kier molecular flexibility index (Phi) is 5.81. The Morgan fingerprint density at radius 2 is 2.00 bits per heavy atom. The van der Waals surface area contributed by atoms with Crippen molar-refractivity contribution in [2.75, 3.05) is 12.3 Å². The highest BCUT2D eigenvalue weighted by Gasteiger charge is 2.23. The molecule has 0 radical (unpaired) electrons. The minimum atomic E-state index is -0.605. The number of ether oxygens (including phenoxy) is 1. The fraction of sp³-hybridized carbons (Fsp3) is 0.217. The summed E-state index contributed by atoms with van der Waals surface area (Å²) in [4.78, 5) is 8.53. The molecular formula is C23H22F2N6O. The molecule has 0 amide bonds. The summed E-state index contributed by atoms with van der Waals surface area (Å²) in [6.07, 6.45) is 2.18. The van der Waals surface area contributed by atoms with Crippen LogP contribution in [0.3, 0.4) is 0 Å². The standard InChI is InChI=1S/C23H22F2N6O/c1-3-28-22-14-8-20(23(26)30-10-14)32-12(2)18-9-15(24)4-5-17(18)21-13(7-19(22)31-27)6-16(25)11-29-21/h4-6,8-12,27-28H,3,7H2,1-2H3,(H2,26,30)/b22-19-,31-27?. The topological polar surface area (TPSA) is 109 Å². The number of fused-ring (bicyclic) bond motifs is 5. The number of hydrogen-bond donors (Lipinski definition) is 3. The first-order chi connectivity index (χ1) is 15.4. The van der Waals surface area contributed by atoms with Crippen molar-refractivity contribution in [3.05, 3.63) is 76.7 Å². The predicted molar refractivity (Wildman–Crippen MR) is 117 cm³/mol. The number of rotatable bonds is 3. The molecule has 1 aromatic carbocycles. The maximum atomic E-state index is 14.2. The largest absolute Gasteiger partial charge is 0.482 e. The maximum Gasteiger partial charge on any atom is 0.166 e. The van der Waals surface area contributed by atoms with Crippen LogP contribution in [0.2, 0.25) is 0 Å². The van der Waals surface area contributed by atoms with Gasteiger partial charge in [-0.3, -0.25) is 4.98 Å². The third-order valence-corrected chi connectivity index (χ3v) is 5.25. The lowest BCUT2D eigenvalue weighted by molar-refractivity contribution is 0.227. The van der Waals surface area contributed by atoms with Crippen molar-refractivity contribution in [2.24, 2.45) is 5.11 Å². The molecule has 7 nitrogen and oxygen atoms in total. The highest BCUT2D eigenvalue weighted by molar-refractivity contribution is 5.72. The second-order valence-electron chi connectivity index (χ2n) is 7.40. The number of allylic oxidation sites excluding steroid dienone is 1. The van der Waals surface area contributed by atoms with Crippen molar-refractivity contribution in [3.63, 3.8) is 0 Å². The van der Waals surface area contributed by atoms with Gasteiger partial charge in [-0.05, 0) is 49.7 Å². The third-order valence-electron chi connectivity index (χ3n) is 5.25. The first-order valence-corrected chi connectivity index (χ1v) is 10.1. The van der Waals surface area contributed by atoms with Crippen LogP contribution in [0.4, 0.5) is 14.6 Å². The molecule has 32 heavy (non-hydrogen) atoms. The van der Waals surface area contributed by atoms with E-state index < -0.39 is 17.7 Å². The number of benzene rings is 1. The Hall–Kier alpha value is -3.88. The number of aromatic nitrogens is 2. The van der Waals surface area contributed by atoms with Crippen LogP contribution in [-0.4, -0.2) is 16.5 Å². The van der Waals surface area contributed by atoms with Gasteiger partial charge in [0.15, 0.2) is 11.6 Å². The Labute approximate surface area is 183 Å². The molecule has 3 heterocycles. The molecule has 1 aliphatic heterocycles. The summed E-state index contributed by atoms with van der Waals surface area (Å²) < 4.78 is 34.5. The molecule has 9 heteroatoms. The number of pyridine rings is 2. The van der Waals surface area contributed by atoms with Gasteiger partial charge in [-0.1, -0.05) is 0 Å². The molecule has 164 valence electrons. The monoisotopic (exact) mass is 436 g/mol. The molecule has 1 unspecified atom stereocenters. The average molecular weight is 436 g/mol. The molecular weight excluding hydrogens is 414 g/mol. The minimum Gasteiger partial charge on any atom is -0.482 e. The fourth-order valence-electron chi connectivity index (χ4n) is 3.80. The van der Waals surface area contributed by atoms with Crippen LogP contribution in [0.1, 0.15) is 36.6 Å². The predicted octanol–water partition coefficient (Wildman–Crippen LogP) is 5.01. The fourth-order valence-corrected chi connectivity index (χ4v) is 3.80. The SMILES string of the molecule is CCN/C1=C(\N=N)Cc2cc(F)cnc2-c2ccc(F)cc2C(C)Oc2cc1cnc2N. The summed E-state index contributed by atoms with van der Waals surface area (Å²) in [6, 6.07) is 7.33. The van der Waals surface area contributed by atoms with Crippen LogP contribution in [0.15, 0.2) is 53.5 Å². The molecule has 0 fully saturated rings. The highest BCUT2D eigenvalue weighted by Crippen LogP contribution is 2.37. The molecule has 1 atom stereocenters. The van der Waals surface area contributed by atoms with Gasteiger partial charge in [0.2, 0.25) is 0 Å². The van der Waals surface area contributed by atoms with Crippen molar-refractivity contribution in [1.82, 2.24) is 15.3 Å². The van der Waals surface area contributed by atoms with Crippen molar-refractivity contribution in [3.8, 4) is 17.0 Å². The summed E-state index contributed by atoms with van der Waals surface area (Å²) in [7, 11) is 0. The lowest BCUT2D eigenvalue weighted by atomic mass is 9.94. The van der Waals surface area contributed by atoms with Crippen LogP contribution >= 0.6 is 0 Å². The van der Waals surface area contributed by atoms with Gasteiger partial charge in [-0.25, -0.2) is 19.3 Å². The Morgan fingerprint density at radius 3 is 2.75 bits per heavy atom. The van der Waals surface area contributed by atoms with E-state index in [1.807, 2.05) is 6.92 Å². The summed E-state index contributed by atoms with van der Waals surface area (Å²) in [6.45, 7) is 4.24. The van der Waals surface area contributed by atoms with E-state index in [0.717, 1.165) is 6.20 Å². The molecule has 4 N–H and O–H groups in total. The van der Waals surface area contributed by atoms with Gasteiger partial charge in [-0.15, -0.1) is 0 Å². The van der Waals surface area contributed by atoms with E-state index in [2.05, 4.69) is 20.4 Å². The molecule has 2 bridgehead atoms. The number of anilines is 1. The molecule has 2 aromatic heterocycles. The normalized spacial score (nSPS) is 17.8. The lowest BCUT2D eigenvalue weighted by Crippen LogP contribution is -2.16. The van der Waals surface area contributed by atoms with Gasteiger partial charge in [0.25, 0.3) is 0 Å². The van der Waals surface area contributed by atoms with Crippen molar-refractivity contribution < 1.29 is 13.5 Å². The van der Waals surface area contributed by atoms with Crippen molar-refractivity contribution >= 4 is 11.5 Å². The smallest absolute Gasteiger partial charge is 0.166 e. The van der Waals surface area contributed by atoms with E-state index in [4.69, 9.17) is 16.0 Å². The van der Waals surface area contributed by atoms with E-state index in [1.54, 1.807) is 25.3 Å². The number of hydrogen-bond acceptors (Lipinski definition) is 7. The number of nitrogen functional groups attached to an aromatic ring is 1. The van der Waals surface area contributed by atoms with Gasteiger partial charge in [-0.2, -0.15) is 5.11 Å². The van der Waals surface area contributed by atoms with Gasteiger partial charge in [0.1, 0.15) is 17.7 Å². The Balaban J connectivity index is 2.05. The van der Waals surface area contributed by atoms with Gasteiger partial charge >= 0.3 is 0 Å². The second-order valence-corrected chi connectivity index (χ2v) is 7.40. The Morgan fingerprint density at radius 1 is 1.19 bits per heavy atom. The molecule has 0 aliphatic carbocycles. The van der Waals surface area contributed by atoms with Crippen LogP contribution in [0.25, 0.3) is 17.0 Å². The first kappa shape index (κ1) is 21.4. The first-order valence-electron chi connectivity index (χ1n) is 10.1. The van der Waals surface area contributed by atoms with Crippen LogP contribution in [0, 0.1) is 17.2 Å². The summed E-state index contributed by atoms with van der Waals surface area (Å²) in [5, 5.41) is 6.94. The van der Waals surface area contributed by atoms with Crippen molar-refractivity contribution in [1.29, 1.82) is 5.53 Å². The number of nitrogens with two attached hydrogens (primary N) is 1. The van der Waals surface area contributed by atoms with Crippen LogP contribution in [-0.2, 0) is 6.42 Å². The van der Waals surface area contributed by atoms with E-state index >= 15 is 0 Å². The van der Waals surface area contributed by atoms with Crippen LogP contribution in [0.5, 0.6) is 5.75 Å². The van der Waals surface area contributed by atoms with E-state index in [-0.39, 0.29) is 12.2 Å². The van der Waals surface area contributed by atoms with E-state index in [0.29, 0.717) is 51.6 Å². The Bertz CT molecular complexity index is 1230. The van der Waals surface area contributed by atoms with Gasteiger partial charge in [0.05, 0.1) is 23.3 Å². The number of nitrogens with one attached hydrogen (secondary N) is 2. The zero-order chi connectivity index (χ0) is 22.8. The zero-order valence-corrected chi connectivity index (χ0v) is 17.6. The zero-order valence-electron chi connectivity index (χ0n) is 17.6. The summed E-state index contributed by atoms with van der Waals surface area (Å²) in [5.41, 5.74) is 17.5. The minimum absolute atomic E-state index is 0.123. The molecule has 0 spiro atoms. The van der Waals surface area contributed by atoms with Crippen molar-refractivity contribution in [2.45, 2.75) is 26.4 Å². The molecule has 0 saturated heterocycles. The van der Waals surface area contributed by atoms with Gasteiger partial charge in [0, 0.05) is 35.9 Å². The molecule has 4 rings (SSSR count). The lowest BCUT2D eigenvalue weighted by Gasteiger charge is -2.22. The molecule has 3 aromatic rings. The summed E-state index contributed by atoms with van der Waals surface area (Å²) >= 11 is 0.